The van der Waals surface area contributed by atoms with Crippen LogP contribution in [0.25, 0.3) is 0 Å². The standard InChI is InChI=1S/C15H16BrNO4/c1-2-8-21-13(18)4-3-7-17-14(19)11-6-5-10(16)9-12(11)15(17)20/h5-6,9H,2-4,7-8H2,1H3. The summed E-state index contributed by atoms with van der Waals surface area (Å²) in [4.78, 5) is 36.9. The molecule has 0 aliphatic carbocycles. The van der Waals surface area contributed by atoms with Crippen molar-refractivity contribution in [3.8, 4) is 0 Å². The summed E-state index contributed by atoms with van der Waals surface area (Å²) in [6.45, 7) is 2.55. The molecule has 0 saturated heterocycles. The van der Waals surface area contributed by atoms with Crippen molar-refractivity contribution >= 4 is 33.7 Å². The van der Waals surface area contributed by atoms with Crippen LogP contribution in [0.4, 0.5) is 0 Å². The lowest BCUT2D eigenvalue weighted by atomic mass is 10.1. The average molecular weight is 354 g/mol. The number of amides is 2. The van der Waals surface area contributed by atoms with E-state index in [1.807, 2.05) is 6.92 Å². The Morgan fingerprint density at radius 2 is 1.95 bits per heavy atom. The minimum atomic E-state index is -0.307. The van der Waals surface area contributed by atoms with Crippen molar-refractivity contribution in [1.29, 1.82) is 0 Å². The summed E-state index contributed by atoms with van der Waals surface area (Å²) in [7, 11) is 0. The minimum Gasteiger partial charge on any atom is -0.466 e. The Bertz CT molecular complexity index is 585. The first-order valence-electron chi connectivity index (χ1n) is 6.86. The number of benzene rings is 1. The second-order valence-electron chi connectivity index (χ2n) is 4.78. The number of esters is 1. The second-order valence-corrected chi connectivity index (χ2v) is 5.69. The molecule has 0 N–H and O–H groups in total. The van der Waals surface area contributed by atoms with Crippen LogP contribution in [-0.4, -0.2) is 35.8 Å². The van der Waals surface area contributed by atoms with E-state index in [-0.39, 0.29) is 30.7 Å². The molecule has 0 aromatic heterocycles. The van der Waals surface area contributed by atoms with Crippen LogP contribution in [0.1, 0.15) is 46.9 Å². The van der Waals surface area contributed by atoms with Crippen LogP contribution in [0, 0.1) is 0 Å². The maximum Gasteiger partial charge on any atom is 0.305 e. The fraction of sp³-hybridized carbons (Fsp3) is 0.400. The van der Waals surface area contributed by atoms with Gasteiger partial charge in [0.15, 0.2) is 0 Å². The summed E-state index contributed by atoms with van der Waals surface area (Å²) < 4.78 is 5.71. The molecule has 1 heterocycles. The molecule has 0 saturated carbocycles. The molecule has 0 radical (unpaired) electrons. The van der Waals surface area contributed by atoms with Crippen molar-refractivity contribution in [1.82, 2.24) is 4.90 Å². The Balaban J connectivity index is 1.93. The highest BCUT2D eigenvalue weighted by molar-refractivity contribution is 9.10. The number of hydrogen-bond acceptors (Lipinski definition) is 4. The van der Waals surface area contributed by atoms with Crippen LogP contribution in [-0.2, 0) is 9.53 Å². The van der Waals surface area contributed by atoms with Crippen LogP contribution >= 0.6 is 15.9 Å². The Hall–Kier alpha value is -1.69. The fourth-order valence-electron chi connectivity index (χ4n) is 2.14. The van der Waals surface area contributed by atoms with Crippen molar-refractivity contribution in [2.24, 2.45) is 0 Å². The van der Waals surface area contributed by atoms with Crippen molar-refractivity contribution in [2.45, 2.75) is 26.2 Å². The number of fused-ring (bicyclic) bond motifs is 1. The third kappa shape index (κ3) is 3.50. The molecule has 2 amide bonds. The van der Waals surface area contributed by atoms with Crippen molar-refractivity contribution in [3.63, 3.8) is 0 Å². The number of ether oxygens (including phenoxy) is 1. The highest BCUT2D eigenvalue weighted by Gasteiger charge is 2.35. The topological polar surface area (TPSA) is 63.7 Å². The molecule has 2 rings (SSSR count). The van der Waals surface area contributed by atoms with E-state index in [0.717, 1.165) is 10.9 Å². The van der Waals surface area contributed by atoms with Gasteiger partial charge >= 0.3 is 5.97 Å². The molecule has 1 aliphatic rings. The zero-order chi connectivity index (χ0) is 15.4. The van der Waals surface area contributed by atoms with E-state index in [1.54, 1.807) is 18.2 Å². The van der Waals surface area contributed by atoms with Gasteiger partial charge in [-0.1, -0.05) is 22.9 Å². The van der Waals surface area contributed by atoms with Gasteiger partial charge in [-0.2, -0.15) is 0 Å². The minimum absolute atomic E-state index is 0.205. The maximum absolute atomic E-state index is 12.2. The predicted octanol–water partition coefficient (Wildman–Crippen LogP) is 2.78. The molecule has 1 aromatic rings. The first-order valence-corrected chi connectivity index (χ1v) is 7.65. The molecule has 0 fully saturated rings. The lowest BCUT2D eigenvalue weighted by molar-refractivity contribution is -0.143. The first-order chi connectivity index (χ1) is 10.0. The number of imide groups is 1. The van der Waals surface area contributed by atoms with Gasteiger partial charge in [0.1, 0.15) is 0 Å². The third-order valence-corrected chi connectivity index (χ3v) is 3.66. The monoisotopic (exact) mass is 353 g/mol. The molecule has 1 aliphatic heterocycles. The quantitative estimate of drug-likeness (QED) is 0.582. The van der Waals surface area contributed by atoms with E-state index in [9.17, 15) is 14.4 Å². The summed E-state index contributed by atoms with van der Waals surface area (Å²) in [5, 5.41) is 0. The Morgan fingerprint density at radius 1 is 1.24 bits per heavy atom. The lowest BCUT2D eigenvalue weighted by Crippen LogP contribution is -2.31. The molecular weight excluding hydrogens is 338 g/mol. The fourth-order valence-corrected chi connectivity index (χ4v) is 2.50. The summed E-state index contributed by atoms with van der Waals surface area (Å²) >= 11 is 3.28. The van der Waals surface area contributed by atoms with Crippen LogP contribution in [0.2, 0.25) is 0 Å². The molecule has 1 aromatic carbocycles. The van der Waals surface area contributed by atoms with Gasteiger partial charge in [-0.25, -0.2) is 0 Å². The lowest BCUT2D eigenvalue weighted by Gasteiger charge is -2.13. The molecule has 0 atom stereocenters. The van der Waals surface area contributed by atoms with Crippen LogP contribution < -0.4 is 0 Å². The molecule has 112 valence electrons. The summed E-state index contributed by atoms with van der Waals surface area (Å²) in [6, 6.07) is 5.01. The highest BCUT2D eigenvalue weighted by Crippen LogP contribution is 2.26. The largest absolute Gasteiger partial charge is 0.466 e. The first kappa shape index (κ1) is 15.7. The van der Waals surface area contributed by atoms with Crippen LogP contribution in [0.15, 0.2) is 22.7 Å². The smallest absolute Gasteiger partial charge is 0.305 e. The molecule has 0 spiro atoms. The molecule has 0 bridgehead atoms. The average Bonchev–Trinajstić information content (AvgIpc) is 2.69. The number of halogens is 1. The Kier molecular flexibility index (Phi) is 5.12. The zero-order valence-corrected chi connectivity index (χ0v) is 13.3. The van der Waals surface area contributed by atoms with Crippen molar-refractivity contribution in [2.75, 3.05) is 13.2 Å². The van der Waals surface area contributed by atoms with E-state index >= 15 is 0 Å². The highest BCUT2D eigenvalue weighted by atomic mass is 79.9. The van der Waals surface area contributed by atoms with E-state index < -0.39 is 0 Å². The third-order valence-electron chi connectivity index (χ3n) is 3.16. The van der Waals surface area contributed by atoms with Gasteiger partial charge in [0, 0.05) is 17.4 Å². The maximum atomic E-state index is 12.2. The number of hydrogen-bond donors (Lipinski definition) is 0. The predicted molar refractivity (Wildman–Crippen MR) is 80.0 cm³/mol. The van der Waals surface area contributed by atoms with Gasteiger partial charge in [0.05, 0.1) is 17.7 Å². The normalized spacial score (nSPS) is 13.5. The molecular formula is C15H16BrNO4. The molecule has 0 unspecified atom stereocenters. The van der Waals surface area contributed by atoms with Gasteiger partial charge in [-0.3, -0.25) is 19.3 Å². The van der Waals surface area contributed by atoms with Gasteiger partial charge in [-0.15, -0.1) is 0 Å². The summed E-state index contributed by atoms with van der Waals surface area (Å²) in [5.74, 6) is -0.904. The number of rotatable bonds is 6. The molecule has 6 heteroatoms. The van der Waals surface area contributed by atoms with Crippen LogP contribution in [0.3, 0.4) is 0 Å². The number of carbonyl (C=O) groups is 3. The Morgan fingerprint density at radius 3 is 2.67 bits per heavy atom. The van der Waals surface area contributed by atoms with Crippen LogP contribution in [0.5, 0.6) is 0 Å². The molecule has 21 heavy (non-hydrogen) atoms. The van der Waals surface area contributed by atoms with Gasteiger partial charge in [0.2, 0.25) is 0 Å². The summed E-state index contributed by atoms with van der Waals surface area (Å²) in [5.41, 5.74) is 0.819. The summed E-state index contributed by atoms with van der Waals surface area (Å²) in [6.07, 6.45) is 1.39. The SMILES string of the molecule is CCCOC(=O)CCCN1C(=O)c2ccc(Br)cc2C1=O. The van der Waals surface area contributed by atoms with E-state index in [2.05, 4.69) is 15.9 Å². The van der Waals surface area contributed by atoms with Crippen molar-refractivity contribution < 1.29 is 19.1 Å². The van der Waals surface area contributed by atoms with Gasteiger partial charge in [-0.05, 0) is 31.0 Å². The van der Waals surface area contributed by atoms with E-state index in [0.29, 0.717) is 24.2 Å². The van der Waals surface area contributed by atoms with Gasteiger partial charge < -0.3 is 4.74 Å². The van der Waals surface area contributed by atoms with E-state index in [4.69, 9.17) is 4.74 Å². The molecule has 5 nitrogen and oxygen atoms in total. The zero-order valence-electron chi connectivity index (χ0n) is 11.7. The van der Waals surface area contributed by atoms with Gasteiger partial charge in [0.25, 0.3) is 11.8 Å². The van der Waals surface area contributed by atoms with E-state index in [1.165, 1.54) is 4.90 Å². The Labute approximate surface area is 131 Å². The number of nitrogens with zero attached hydrogens (tertiary/aromatic N) is 1. The van der Waals surface area contributed by atoms with Crippen molar-refractivity contribution in [3.05, 3.63) is 33.8 Å². The second kappa shape index (κ2) is 6.85. The number of carbonyl (C=O) groups excluding carboxylic acids is 3.